The summed E-state index contributed by atoms with van der Waals surface area (Å²) in [6.45, 7) is 6.99. The van der Waals surface area contributed by atoms with Crippen molar-refractivity contribution in [2.75, 3.05) is 6.54 Å². The summed E-state index contributed by atoms with van der Waals surface area (Å²) < 4.78 is 0. The van der Waals surface area contributed by atoms with Gasteiger partial charge in [0.15, 0.2) is 0 Å². The fraction of sp³-hybridized carbons (Fsp3) is 0.846. The van der Waals surface area contributed by atoms with Gasteiger partial charge in [0.1, 0.15) is 5.41 Å². The number of aliphatic hydroxyl groups excluding tert-OH is 1. The van der Waals surface area contributed by atoms with Crippen LogP contribution < -0.4 is 0 Å². The second-order valence-corrected chi connectivity index (χ2v) is 6.24. The minimum Gasteiger partial charge on any atom is -0.481 e. The second kappa shape index (κ2) is 5.00. The number of hydrogen-bond donors (Lipinski definition) is 3. The lowest BCUT2D eigenvalue weighted by Crippen LogP contribution is -2.64. The number of likely N-dealkylation sites (tertiary alicyclic amines) is 1. The highest BCUT2D eigenvalue weighted by atomic mass is 16.4. The van der Waals surface area contributed by atoms with E-state index >= 15 is 0 Å². The largest absolute Gasteiger partial charge is 0.481 e. The van der Waals surface area contributed by atoms with Crippen LogP contribution in [0.5, 0.6) is 0 Å². The number of carbonyl (C=O) groups is 2. The third-order valence-electron chi connectivity index (χ3n) is 4.37. The van der Waals surface area contributed by atoms with Crippen LogP contribution in [0.4, 0.5) is 4.79 Å². The van der Waals surface area contributed by atoms with Gasteiger partial charge in [-0.1, -0.05) is 27.7 Å². The third kappa shape index (κ3) is 2.41. The number of carboxylic acids is 1. The maximum absolute atomic E-state index is 11.7. The van der Waals surface area contributed by atoms with Crippen LogP contribution in [0.2, 0.25) is 0 Å². The normalized spacial score (nSPS) is 32.2. The van der Waals surface area contributed by atoms with Crippen molar-refractivity contribution in [1.29, 1.82) is 0 Å². The molecule has 1 aliphatic rings. The summed E-state index contributed by atoms with van der Waals surface area (Å²) in [5.74, 6) is -1.06. The lowest BCUT2D eigenvalue weighted by atomic mass is 9.58. The molecule has 1 aliphatic heterocycles. The highest BCUT2D eigenvalue weighted by Gasteiger charge is 2.58. The molecule has 0 spiro atoms. The molecule has 0 saturated carbocycles. The van der Waals surface area contributed by atoms with Gasteiger partial charge in [-0.15, -0.1) is 0 Å². The molecule has 6 nitrogen and oxygen atoms in total. The Labute approximate surface area is 113 Å². The first-order valence-electron chi connectivity index (χ1n) is 6.49. The van der Waals surface area contributed by atoms with E-state index in [1.165, 1.54) is 0 Å². The highest BCUT2D eigenvalue weighted by molar-refractivity contribution is 5.77. The lowest BCUT2D eigenvalue weighted by molar-refractivity contribution is -0.181. The average molecular weight is 273 g/mol. The van der Waals surface area contributed by atoms with Crippen molar-refractivity contribution in [3.63, 3.8) is 0 Å². The molecule has 2 unspecified atom stereocenters. The van der Waals surface area contributed by atoms with Gasteiger partial charge in [0.25, 0.3) is 0 Å². The number of hydrogen-bond acceptors (Lipinski definition) is 3. The molecule has 0 aromatic carbocycles. The van der Waals surface area contributed by atoms with Gasteiger partial charge in [0, 0.05) is 6.04 Å². The van der Waals surface area contributed by atoms with Crippen LogP contribution >= 0.6 is 0 Å². The Bertz CT molecular complexity index is 376. The van der Waals surface area contributed by atoms with E-state index in [2.05, 4.69) is 0 Å². The zero-order valence-corrected chi connectivity index (χ0v) is 11.9. The quantitative estimate of drug-likeness (QED) is 0.710. The van der Waals surface area contributed by atoms with Crippen LogP contribution in [0.15, 0.2) is 0 Å². The van der Waals surface area contributed by atoms with E-state index in [4.69, 9.17) is 5.11 Å². The van der Waals surface area contributed by atoms with Crippen LogP contribution in [0.1, 0.15) is 40.5 Å². The molecule has 1 heterocycles. The van der Waals surface area contributed by atoms with E-state index in [1.807, 2.05) is 6.92 Å². The van der Waals surface area contributed by atoms with E-state index in [0.717, 1.165) is 4.90 Å². The van der Waals surface area contributed by atoms with Gasteiger partial charge >= 0.3 is 12.1 Å². The van der Waals surface area contributed by atoms with Crippen LogP contribution in [-0.4, -0.2) is 51.0 Å². The number of aliphatic hydroxyl groups is 1. The molecule has 3 atom stereocenters. The third-order valence-corrected chi connectivity index (χ3v) is 4.37. The summed E-state index contributed by atoms with van der Waals surface area (Å²) in [7, 11) is 0. The molecular weight excluding hydrogens is 250 g/mol. The van der Waals surface area contributed by atoms with E-state index < -0.39 is 29.0 Å². The molecule has 3 N–H and O–H groups in total. The van der Waals surface area contributed by atoms with Crippen molar-refractivity contribution < 1.29 is 24.9 Å². The molecule has 1 fully saturated rings. The Morgan fingerprint density at radius 1 is 1.32 bits per heavy atom. The van der Waals surface area contributed by atoms with Crippen molar-refractivity contribution in [2.24, 2.45) is 10.8 Å². The lowest BCUT2D eigenvalue weighted by Gasteiger charge is -2.52. The first kappa shape index (κ1) is 15.8. The first-order valence-corrected chi connectivity index (χ1v) is 6.49. The predicted octanol–water partition coefficient (Wildman–Crippen LogP) is 1.63. The minimum atomic E-state index is -1.32. The zero-order chi connectivity index (χ0) is 15.0. The Hall–Kier alpha value is -1.30. The van der Waals surface area contributed by atoms with Gasteiger partial charge < -0.3 is 20.2 Å². The van der Waals surface area contributed by atoms with Crippen LogP contribution in [0, 0.1) is 10.8 Å². The van der Waals surface area contributed by atoms with Gasteiger partial charge in [0.2, 0.25) is 0 Å². The summed E-state index contributed by atoms with van der Waals surface area (Å²) >= 11 is 0. The zero-order valence-electron chi connectivity index (χ0n) is 11.9. The fourth-order valence-corrected chi connectivity index (χ4v) is 3.06. The molecule has 0 aromatic heterocycles. The molecule has 6 heteroatoms. The molecule has 1 amide bonds. The van der Waals surface area contributed by atoms with Gasteiger partial charge in [-0.05, 0) is 18.3 Å². The van der Waals surface area contributed by atoms with E-state index in [9.17, 15) is 19.8 Å². The molecule has 0 aliphatic carbocycles. The van der Waals surface area contributed by atoms with Crippen LogP contribution in [0.3, 0.4) is 0 Å². The van der Waals surface area contributed by atoms with Crippen molar-refractivity contribution in [3.05, 3.63) is 0 Å². The minimum absolute atomic E-state index is 0.135. The number of rotatable bonds is 2. The molecule has 0 radical (unpaired) electrons. The number of aliphatic carboxylic acids is 1. The Morgan fingerprint density at radius 2 is 1.84 bits per heavy atom. The van der Waals surface area contributed by atoms with Gasteiger partial charge in [-0.2, -0.15) is 0 Å². The molecular formula is C13H23NO5. The molecule has 1 rings (SSSR count). The number of β-amino-alcohol motifs (C(OH)–C–C–N with tert-alkyl or cyclic N) is 1. The molecule has 0 aromatic rings. The van der Waals surface area contributed by atoms with Crippen molar-refractivity contribution >= 4 is 12.1 Å². The average Bonchev–Trinajstić information content (AvgIpc) is 2.26. The van der Waals surface area contributed by atoms with E-state index in [0.29, 0.717) is 6.42 Å². The number of nitrogens with zero attached hydrogens (tertiary/aromatic N) is 1. The second-order valence-electron chi connectivity index (χ2n) is 6.24. The summed E-state index contributed by atoms with van der Waals surface area (Å²) in [5, 5.41) is 29.0. The fourth-order valence-electron chi connectivity index (χ4n) is 3.06. The Balaban J connectivity index is 3.23. The maximum Gasteiger partial charge on any atom is 0.407 e. The smallest absolute Gasteiger partial charge is 0.407 e. The SMILES string of the molecule is CC[C@@H]1CC(C(=O)O)(C(C)(C)C)C(O)CN1C(=O)O. The summed E-state index contributed by atoms with van der Waals surface area (Å²) in [6.07, 6.45) is -1.65. The number of piperidine rings is 1. The summed E-state index contributed by atoms with van der Waals surface area (Å²) in [4.78, 5) is 24.1. The Morgan fingerprint density at radius 3 is 2.16 bits per heavy atom. The van der Waals surface area contributed by atoms with Crippen molar-refractivity contribution in [1.82, 2.24) is 4.90 Å². The van der Waals surface area contributed by atoms with Crippen LogP contribution in [0.25, 0.3) is 0 Å². The van der Waals surface area contributed by atoms with Crippen LogP contribution in [-0.2, 0) is 4.79 Å². The summed E-state index contributed by atoms with van der Waals surface area (Å²) in [6, 6.07) is -0.378. The number of amides is 1. The topological polar surface area (TPSA) is 98.1 Å². The van der Waals surface area contributed by atoms with Crippen molar-refractivity contribution in [2.45, 2.75) is 52.7 Å². The monoisotopic (exact) mass is 273 g/mol. The van der Waals surface area contributed by atoms with E-state index in [1.54, 1.807) is 20.8 Å². The number of carboxylic acid groups (broad SMARTS) is 2. The summed E-state index contributed by atoms with van der Waals surface area (Å²) in [5.41, 5.74) is -1.98. The van der Waals surface area contributed by atoms with Gasteiger partial charge in [0.05, 0.1) is 12.6 Å². The molecule has 1 saturated heterocycles. The first-order chi connectivity index (χ1) is 8.57. The molecule has 19 heavy (non-hydrogen) atoms. The van der Waals surface area contributed by atoms with Crippen molar-refractivity contribution in [3.8, 4) is 0 Å². The maximum atomic E-state index is 11.7. The van der Waals surface area contributed by atoms with E-state index in [-0.39, 0.29) is 19.0 Å². The standard InChI is InChI=1S/C13H23NO5/c1-5-8-6-13(10(16)17,12(2,3)4)9(15)7-14(8)11(18)19/h8-9,15H,5-7H2,1-4H3,(H,16,17)(H,18,19)/t8-,9?,13?/m1/s1. The molecule has 0 bridgehead atoms. The Kier molecular flexibility index (Phi) is 4.14. The predicted molar refractivity (Wildman–Crippen MR) is 69.0 cm³/mol. The van der Waals surface area contributed by atoms with Gasteiger partial charge in [-0.25, -0.2) is 4.79 Å². The highest BCUT2D eigenvalue weighted by Crippen LogP contribution is 2.49. The molecule has 110 valence electrons. The van der Waals surface area contributed by atoms with Gasteiger partial charge in [-0.3, -0.25) is 4.79 Å².